The van der Waals surface area contributed by atoms with Crippen LogP contribution in [0.4, 0.5) is 0 Å². The molecular formula is C21H23NO3S. The van der Waals surface area contributed by atoms with Gasteiger partial charge in [0.1, 0.15) is 17.3 Å². The minimum absolute atomic E-state index is 0.0293. The molecule has 0 aliphatic carbocycles. The molecule has 4 atom stereocenters. The van der Waals surface area contributed by atoms with Gasteiger partial charge in [0.25, 0.3) is 0 Å². The molecule has 4 rings (SSSR count). The summed E-state index contributed by atoms with van der Waals surface area (Å²) in [6, 6.07) is 16.2. The number of rotatable bonds is 4. The Kier molecular flexibility index (Phi) is 4.92. The molecule has 4 nitrogen and oxygen atoms in total. The number of carbonyl (C=O) groups excluding carboxylic acids is 1. The number of hydrogen-bond acceptors (Lipinski definition) is 5. The average molecular weight is 369 g/mol. The van der Waals surface area contributed by atoms with Gasteiger partial charge in [0, 0.05) is 35.4 Å². The van der Waals surface area contributed by atoms with Crippen molar-refractivity contribution in [2.24, 2.45) is 11.8 Å². The maximum Gasteiger partial charge on any atom is 0.144 e. The number of benzene rings is 2. The lowest BCUT2D eigenvalue weighted by molar-refractivity contribution is -0.130. The molecule has 136 valence electrons. The fourth-order valence-electron chi connectivity index (χ4n) is 3.99. The number of thioether (sulfide) groups is 1. The summed E-state index contributed by atoms with van der Waals surface area (Å²) in [5, 5.41) is 3.78. The van der Waals surface area contributed by atoms with Crippen molar-refractivity contribution in [3.63, 3.8) is 0 Å². The van der Waals surface area contributed by atoms with Crippen molar-refractivity contribution in [3.05, 3.63) is 59.7 Å². The monoisotopic (exact) mass is 369 g/mol. The molecule has 4 unspecified atom stereocenters. The summed E-state index contributed by atoms with van der Waals surface area (Å²) in [5.74, 6) is 3.88. The lowest BCUT2D eigenvalue weighted by Crippen LogP contribution is -2.52. The van der Waals surface area contributed by atoms with Gasteiger partial charge in [0.2, 0.25) is 0 Å². The molecule has 2 aliphatic heterocycles. The maximum atomic E-state index is 13.1. The van der Waals surface area contributed by atoms with Gasteiger partial charge in [-0.2, -0.15) is 11.8 Å². The molecule has 2 aliphatic rings. The summed E-state index contributed by atoms with van der Waals surface area (Å²) in [4.78, 5) is 13.1. The first-order chi connectivity index (χ1) is 12.7. The highest BCUT2D eigenvalue weighted by molar-refractivity contribution is 7.99. The van der Waals surface area contributed by atoms with Crippen LogP contribution in [0.25, 0.3) is 0 Å². The van der Waals surface area contributed by atoms with Gasteiger partial charge in [-0.15, -0.1) is 0 Å². The van der Waals surface area contributed by atoms with Gasteiger partial charge in [-0.3, -0.25) is 4.79 Å². The Morgan fingerprint density at radius 3 is 1.62 bits per heavy atom. The van der Waals surface area contributed by atoms with Crippen molar-refractivity contribution in [2.45, 2.75) is 12.1 Å². The summed E-state index contributed by atoms with van der Waals surface area (Å²) in [6.07, 6.45) is 0. The largest absolute Gasteiger partial charge is 0.497 e. The Balaban J connectivity index is 1.67. The van der Waals surface area contributed by atoms with Crippen LogP contribution in [0.15, 0.2) is 48.5 Å². The van der Waals surface area contributed by atoms with Gasteiger partial charge in [-0.25, -0.2) is 0 Å². The summed E-state index contributed by atoms with van der Waals surface area (Å²) >= 11 is 1.89. The van der Waals surface area contributed by atoms with Gasteiger partial charge in [0.15, 0.2) is 0 Å². The van der Waals surface area contributed by atoms with E-state index in [9.17, 15) is 4.79 Å². The molecule has 2 aromatic rings. The lowest BCUT2D eigenvalue weighted by Gasteiger charge is -2.45. The number of piperidine rings is 1. The highest BCUT2D eigenvalue weighted by Crippen LogP contribution is 2.44. The number of carbonyl (C=O) groups is 1. The topological polar surface area (TPSA) is 47.6 Å². The van der Waals surface area contributed by atoms with Crippen LogP contribution >= 0.6 is 11.8 Å². The van der Waals surface area contributed by atoms with E-state index in [4.69, 9.17) is 9.47 Å². The molecule has 2 heterocycles. The van der Waals surface area contributed by atoms with Crippen LogP contribution in [0, 0.1) is 11.8 Å². The molecular weight excluding hydrogens is 346 g/mol. The number of fused-ring (bicyclic) bond motifs is 2. The van der Waals surface area contributed by atoms with Crippen molar-refractivity contribution in [1.29, 1.82) is 0 Å². The minimum atomic E-state index is 0.0293. The van der Waals surface area contributed by atoms with Crippen LogP contribution < -0.4 is 14.8 Å². The van der Waals surface area contributed by atoms with Crippen molar-refractivity contribution >= 4 is 17.5 Å². The Hall–Kier alpha value is -1.98. The number of Topliss-reactive ketones (excluding diaryl/α,β-unsaturated/α-hetero) is 1. The number of ether oxygens (including phenoxy) is 2. The predicted octanol–water partition coefficient (Wildman–Crippen LogP) is 3.64. The van der Waals surface area contributed by atoms with Crippen LogP contribution in [0.5, 0.6) is 11.5 Å². The highest BCUT2D eigenvalue weighted by atomic mass is 32.2. The van der Waals surface area contributed by atoms with Crippen LogP contribution in [-0.2, 0) is 4.79 Å². The van der Waals surface area contributed by atoms with Crippen LogP contribution in [0.1, 0.15) is 23.2 Å². The molecule has 2 saturated heterocycles. The third kappa shape index (κ3) is 3.10. The van der Waals surface area contributed by atoms with Crippen LogP contribution in [-0.4, -0.2) is 31.5 Å². The molecule has 5 heteroatoms. The second-order valence-corrected chi connectivity index (χ2v) is 7.90. The van der Waals surface area contributed by atoms with Gasteiger partial charge >= 0.3 is 0 Å². The normalized spacial score (nSPS) is 27.8. The Morgan fingerprint density at radius 1 is 0.808 bits per heavy atom. The predicted molar refractivity (Wildman–Crippen MR) is 104 cm³/mol. The second-order valence-electron chi connectivity index (χ2n) is 6.82. The Labute approximate surface area is 158 Å². The van der Waals surface area contributed by atoms with Gasteiger partial charge in [-0.05, 0) is 35.4 Å². The first kappa shape index (κ1) is 17.4. The molecule has 0 saturated carbocycles. The van der Waals surface area contributed by atoms with E-state index >= 15 is 0 Å². The number of ketones is 1. The minimum Gasteiger partial charge on any atom is -0.497 e. The quantitative estimate of drug-likeness (QED) is 0.892. The summed E-state index contributed by atoms with van der Waals surface area (Å²) in [6.45, 7) is 0. The van der Waals surface area contributed by atoms with E-state index in [0.29, 0.717) is 5.78 Å². The number of hydrogen-bond donors (Lipinski definition) is 1. The molecule has 26 heavy (non-hydrogen) atoms. The lowest BCUT2D eigenvalue weighted by atomic mass is 9.75. The third-order valence-corrected chi connectivity index (χ3v) is 6.63. The fourth-order valence-corrected chi connectivity index (χ4v) is 5.34. The van der Waals surface area contributed by atoms with E-state index in [0.717, 1.165) is 34.1 Å². The summed E-state index contributed by atoms with van der Waals surface area (Å²) in [7, 11) is 3.33. The van der Waals surface area contributed by atoms with Gasteiger partial charge in [0.05, 0.1) is 14.2 Å². The highest BCUT2D eigenvalue weighted by Gasteiger charge is 2.46. The first-order valence-corrected chi connectivity index (χ1v) is 10.0. The van der Waals surface area contributed by atoms with Gasteiger partial charge < -0.3 is 14.8 Å². The smallest absolute Gasteiger partial charge is 0.144 e. The molecule has 0 aromatic heterocycles. The van der Waals surface area contributed by atoms with Gasteiger partial charge in [-0.1, -0.05) is 24.3 Å². The van der Waals surface area contributed by atoms with E-state index in [1.54, 1.807) is 14.2 Å². The second kappa shape index (κ2) is 7.33. The van der Waals surface area contributed by atoms with Crippen molar-refractivity contribution in [3.8, 4) is 11.5 Å². The zero-order chi connectivity index (χ0) is 18.1. The van der Waals surface area contributed by atoms with E-state index in [1.165, 1.54) is 0 Å². The van der Waals surface area contributed by atoms with Crippen LogP contribution in [0.2, 0.25) is 0 Å². The standard InChI is InChI=1S/C21H23NO3S/c1-24-15-7-3-13(4-8-15)19-17-11-26-12-18(21(17)23)20(22-19)14-5-9-16(25-2)10-6-14/h3-10,17-20,22H,11-12H2,1-2H3. The van der Waals surface area contributed by atoms with E-state index in [2.05, 4.69) is 29.6 Å². The molecule has 0 radical (unpaired) electrons. The zero-order valence-corrected chi connectivity index (χ0v) is 15.8. The molecule has 1 N–H and O–H groups in total. The van der Waals surface area contributed by atoms with Crippen molar-refractivity contribution in [1.82, 2.24) is 5.32 Å². The van der Waals surface area contributed by atoms with E-state index in [1.807, 2.05) is 36.0 Å². The van der Waals surface area contributed by atoms with E-state index in [-0.39, 0.29) is 23.9 Å². The molecule has 0 amide bonds. The summed E-state index contributed by atoms with van der Waals surface area (Å²) in [5.41, 5.74) is 2.28. The van der Waals surface area contributed by atoms with Crippen LogP contribution in [0.3, 0.4) is 0 Å². The average Bonchev–Trinajstić information content (AvgIpc) is 2.68. The Morgan fingerprint density at radius 2 is 1.23 bits per heavy atom. The fraction of sp³-hybridized carbons (Fsp3) is 0.381. The Bertz CT molecular complexity index is 711. The van der Waals surface area contributed by atoms with Crippen molar-refractivity contribution < 1.29 is 14.3 Å². The maximum absolute atomic E-state index is 13.1. The zero-order valence-electron chi connectivity index (χ0n) is 15.0. The SMILES string of the molecule is COc1ccc(C2NC(c3ccc(OC)cc3)C3CSCC2C3=O)cc1. The summed E-state index contributed by atoms with van der Waals surface area (Å²) < 4.78 is 10.5. The molecule has 2 fully saturated rings. The first-order valence-electron chi connectivity index (χ1n) is 8.86. The van der Waals surface area contributed by atoms with E-state index < -0.39 is 0 Å². The molecule has 2 aromatic carbocycles. The van der Waals surface area contributed by atoms with Crippen molar-refractivity contribution in [2.75, 3.05) is 25.7 Å². The molecule has 2 bridgehead atoms. The number of methoxy groups -OCH3 is 2. The molecule has 0 spiro atoms. The third-order valence-electron chi connectivity index (χ3n) is 5.44. The number of nitrogens with one attached hydrogen (secondary N) is 1.